The number of hydrogen-bond acceptors (Lipinski definition) is 6. The monoisotopic (exact) mass is 348 g/mol. The molecule has 26 heavy (non-hydrogen) atoms. The Balaban J connectivity index is 1.74. The van der Waals surface area contributed by atoms with Gasteiger partial charge in [-0.3, -0.25) is 4.57 Å². The number of aromatic nitrogens is 5. The second kappa shape index (κ2) is 6.07. The Hall–Kier alpha value is -2.98. The van der Waals surface area contributed by atoms with Gasteiger partial charge in [-0.15, -0.1) is 0 Å². The van der Waals surface area contributed by atoms with Crippen molar-refractivity contribution >= 4 is 17.0 Å². The van der Waals surface area contributed by atoms with Gasteiger partial charge in [0.25, 0.3) is 0 Å². The van der Waals surface area contributed by atoms with Gasteiger partial charge in [0.15, 0.2) is 0 Å². The van der Waals surface area contributed by atoms with E-state index in [9.17, 15) is 5.11 Å². The number of hydrogen-bond donors (Lipinski definition) is 2. The van der Waals surface area contributed by atoms with E-state index >= 15 is 0 Å². The van der Waals surface area contributed by atoms with Crippen molar-refractivity contribution in [2.75, 3.05) is 5.73 Å². The molecule has 1 unspecified atom stereocenters. The molecule has 0 amide bonds. The van der Waals surface area contributed by atoms with Gasteiger partial charge in [-0.05, 0) is 44.4 Å². The minimum Gasteiger partial charge on any atom is -0.378 e. The van der Waals surface area contributed by atoms with Crippen molar-refractivity contribution in [1.29, 1.82) is 0 Å². The molecule has 1 saturated carbocycles. The number of aliphatic hydroxyl groups is 1. The van der Waals surface area contributed by atoms with Gasteiger partial charge >= 0.3 is 0 Å². The molecular weight excluding hydrogens is 328 g/mol. The topological polar surface area (TPSA) is 103 Å². The second-order valence-electron chi connectivity index (χ2n) is 7.01. The van der Waals surface area contributed by atoms with Crippen LogP contribution in [0.2, 0.25) is 0 Å². The zero-order chi connectivity index (χ0) is 18.3. The first-order valence-corrected chi connectivity index (χ1v) is 8.61. The van der Waals surface area contributed by atoms with Crippen molar-refractivity contribution in [3.8, 4) is 17.8 Å². The minimum absolute atomic E-state index is 0.156. The molecule has 1 aliphatic rings. The number of nitrogens with two attached hydrogens (primary N) is 1. The fraction of sp³-hybridized carbons (Fsp3) is 0.368. The predicted octanol–water partition coefficient (Wildman–Crippen LogP) is 2.00. The number of rotatable bonds is 3. The van der Waals surface area contributed by atoms with Gasteiger partial charge in [-0.25, -0.2) is 15.0 Å². The number of benzene rings is 1. The molecule has 0 spiro atoms. The number of aryl methyl sites for hydroxylation is 1. The fourth-order valence-electron chi connectivity index (χ4n) is 3.08. The molecule has 2 heterocycles. The molecule has 1 aliphatic carbocycles. The molecule has 0 saturated heterocycles. The van der Waals surface area contributed by atoms with E-state index in [-0.39, 0.29) is 5.95 Å². The zero-order valence-electron chi connectivity index (χ0n) is 14.8. The Labute approximate surface area is 151 Å². The average molecular weight is 348 g/mol. The first-order valence-electron chi connectivity index (χ1n) is 8.61. The van der Waals surface area contributed by atoms with E-state index in [1.807, 2.05) is 29.7 Å². The van der Waals surface area contributed by atoms with E-state index in [2.05, 4.69) is 31.8 Å². The Morgan fingerprint density at radius 1 is 1.31 bits per heavy atom. The Morgan fingerprint density at radius 3 is 2.85 bits per heavy atom. The van der Waals surface area contributed by atoms with Crippen LogP contribution in [0.15, 0.2) is 24.5 Å². The van der Waals surface area contributed by atoms with Gasteiger partial charge in [0, 0.05) is 5.56 Å². The highest BCUT2D eigenvalue weighted by Crippen LogP contribution is 2.36. The summed E-state index contributed by atoms with van der Waals surface area (Å²) in [4.78, 5) is 16.8. The lowest BCUT2D eigenvalue weighted by molar-refractivity contribution is 0.106. The highest BCUT2D eigenvalue weighted by atomic mass is 16.3. The third-order valence-corrected chi connectivity index (χ3v) is 4.46. The van der Waals surface area contributed by atoms with Crippen LogP contribution in [-0.4, -0.2) is 35.2 Å². The quantitative estimate of drug-likeness (QED) is 0.702. The third-order valence-electron chi connectivity index (χ3n) is 4.46. The molecule has 3 aromatic rings. The van der Waals surface area contributed by atoms with Gasteiger partial charge in [-0.2, -0.15) is 4.98 Å². The van der Waals surface area contributed by atoms with E-state index in [0.29, 0.717) is 11.9 Å². The lowest BCUT2D eigenvalue weighted by Crippen LogP contribution is -2.22. The van der Waals surface area contributed by atoms with Gasteiger partial charge in [-0.1, -0.05) is 24.7 Å². The van der Waals surface area contributed by atoms with Crippen LogP contribution in [0, 0.1) is 24.7 Å². The van der Waals surface area contributed by atoms with Crippen LogP contribution < -0.4 is 5.73 Å². The summed E-state index contributed by atoms with van der Waals surface area (Å²) in [5.41, 5.74) is 7.17. The Morgan fingerprint density at radius 2 is 2.12 bits per heavy atom. The molecule has 132 valence electrons. The summed E-state index contributed by atoms with van der Waals surface area (Å²) < 4.78 is 1.82. The highest BCUT2D eigenvalue weighted by Gasteiger charge is 2.30. The number of nitrogens with zero attached hydrogens (tertiary/aromatic N) is 5. The number of imidazole rings is 1. The molecule has 0 aliphatic heterocycles. The van der Waals surface area contributed by atoms with E-state index in [4.69, 9.17) is 5.73 Å². The second-order valence-corrected chi connectivity index (χ2v) is 7.01. The maximum Gasteiger partial charge on any atom is 0.240 e. The van der Waals surface area contributed by atoms with Gasteiger partial charge in [0.1, 0.15) is 17.8 Å². The zero-order valence-corrected chi connectivity index (χ0v) is 14.8. The summed E-state index contributed by atoms with van der Waals surface area (Å²) in [5, 5.41) is 10.4. The minimum atomic E-state index is -0.963. The highest BCUT2D eigenvalue weighted by molar-refractivity contribution is 5.79. The SMILES string of the molecule is Cc1nc2ccc(C#CC(C)(O)CC3CC3)cc2n1-c1ncnc(N)n1. The van der Waals surface area contributed by atoms with E-state index < -0.39 is 5.60 Å². The van der Waals surface area contributed by atoms with E-state index in [0.717, 1.165) is 28.8 Å². The molecule has 4 rings (SSSR count). The van der Waals surface area contributed by atoms with Crippen LogP contribution in [0.1, 0.15) is 37.6 Å². The number of anilines is 1. The maximum absolute atomic E-state index is 10.4. The Bertz CT molecular complexity index is 1040. The van der Waals surface area contributed by atoms with Crippen LogP contribution in [0.5, 0.6) is 0 Å². The summed E-state index contributed by atoms with van der Waals surface area (Å²) >= 11 is 0. The molecule has 0 radical (unpaired) electrons. The first kappa shape index (κ1) is 16.5. The van der Waals surface area contributed by atoms with E-state index in [1.165, 1.54) is 19.2 Å². The van der Waals surface area contributed by atoms with Crippen molar-refractivity contribution in [2.24, 2.45) is 5.92 Å². The summed E-state index contributed by atoms with van der Waals surface area (Å²) in [7, 11) is 0. The molecule has 1 aromatic carbocycles. The molecule has 3 N–H and O–H groups in total. The van der Waals surface area contributed by atoms with Gasteiger partial charge in [0.2, 0.25) is 11.9 Å². The van der Waals surface area contributed by atoms with Crippen molar-refractivity contribution in [2.45, 2.75) is 38.7 Å². The molecular formula is C19H20N6O. The molecule has 0 bridgehead atoms. The third kappa shape index (κ3) is 3.37. The van der Waals surface area contributed by atoms with Crippen LogP contribution in [-0.2, 0) is 0 Å². The van der Waals surface area contributed by atoms with Gasteiger partial charge in [0.05, 0.1) is 11.0 Å². The van der Waals surface area contributed by atoms with Crippen LogP contribution in [0.4, 0.5) is 5.95 Å². The predicted molar refractivity (Wildman–Crippen MR) is 98.4 cm³/mol. The van der Waals surface area contributed by atoms with Crippen molar-refractivity contribution in [1.82, 2.24) is 24.5 Å². The normalized spacial score (nSPS) is 16.1. The smallest absolute Gasteiger partial charge is 0.240 e. The van der Waals surface area contributed by atoms with E-state index in [1.54, 1.807) is 6.92 Å². The average Bonchev–Trinajstić information content (AvgIpc) is 3.32. The maximum atomic E-state index is 10.4. The lowest BCUT2D eigenvalue weighted by atomic mass is 9.99. The number of nitrogen functional groups attached to an aromatic ring is 1. The summed E-state index contributed by atoms with van der Waals surface area (Å²) in [6.45, 7) is 3.66. The molecule has 1 atom stereocenters. The standard InChI is InChI=1S/C19H20N6O/c1-12-23-15-6-5-13(7-8-19(2,26)10-14-3-4-14)9-16(15)25(12)18-22-11-21-17(20)24-18/h5-6,9,11,14,26H,3-4,10H2,1-2H3,(H2,20,21,22,24). The van der Waals surface area contributed by atoms with Crippen LogP contribution in [0.3, 0.4) is 0 Å². The van der Waals surface area contributed by atoms with Crippen LogP contribution in [0.25, 0.3) is 17.0 Å². The molecule has 7 heteroatoms. The summed E-state index contributed by atoms with van der Waals surface area (Å²) in [6.07, 6.45) is 4.49. The summed E-state index contributed by atoms with van der Waals surface area (Å²) in [6, 6.07) is 5.74. The van der Waals surface area contributed by atoms with Crippen LogP contribution >= 0.6 is 0 Å². The lowest BCUT2D eigenvalue weighted by Gasteiger charge is -2.15. The van der Waals surface area contributed by atoms with Crippen molar-refractivity contribution in [3.05, 3.63) is 35.9 Å². The largest absolute Gasteiger partial charge is 0.378 e. The van der Waals surface area contributed by atoms with Crippen molar-refractivity contribution < 1.29 is 5.11 Å². The van der Waals surface area contributed by atoms with Crippen molar-refractivity contribution in [3.63, 3.8) is 0 Å². The number of fused-ring (bicyclic) bond motifs is 1. The molecule has 7 nitrogen and oxygen atoms in total. The Kier molecular flexibility index (Phi) is 3.85. The first-order chi connectivity index (χ1) is 12.4. The summed E-state index contributed by atoms with van der Waals surface area (Å²) in [5.74, 6) is 8.03. The fourth-order valence-corrected chi connectivity index (χ4v) is 3.08. The molecule has 2 aromatic heterocycles. The van der Waals surface area contributed by atoms with Gasteiger partial charge < -0.3 is 10.8 Å². The molecule has 1 fully saturated rings.